The fourth-order valence-electron chi connectivity index (χ4n) is 2.21. The van der Waals surface area contributed by atoms with Gasteiger partial charge in [0, 0.05) is 13.1 Å². The molecule has 0 atom stereocenters. The Labute approximate surface area is 114 Å². The van der Waals surface area contributed by atoms with E-state index in [4.69, 9.17) is 5.26 Å². The Hall–Kier alpha value is -1.38. The molecule has 2 rings (SSSR count). The molecule has 0 saturated heterocycles. The van der Waals surface area contributed by atoms with Crippen LogP contribution in [-0.4, -0.2) is 25.8 Å². The SMILES string of the molecule is CCN(CC1CCC1)S(=O)(=O)c1ccc(C#N)cc1. The van der Waals surface area contributed by atoms with Crippen LogP contribution in [0.4, 0.5) is 0 Å². The average molecular weight is 278 g/mol. The van der Waals surface area contributed by atoms with Crippen LogP contribution < -0.4 is 0 Å². The third-order valence-corrected chi connectivity index (χ3v) is 5.62. The van der Waals surface area contributed by atoms with Gasteiger partial charge in [0.25, 0.3) is 0 Å². The fraction of sp³-hybridized carbons (Fsp3) is 0.500. The maximum Gasteiger partial charge on any atom is 0.243 e. The second kappa shape index (κ2) is 5.72. The number of hydrogen-bond donors (Lipinski definition) is 0. The van der Waals surface area contributed by atoms with Crippen molar-refractivity contribution in [2.75, 3.05) is 13.1 Å². The van der Waals surface area contributed by atoms with Gasteiger partial charge < -0.3 is 0 Å². The van der Waals surface area contributed by atoms with E-state index in [0.717, 1.165) is 12.8 Å². The van der Waals surface area contributed by atoms with E-state index in [9.17, 15) is 8.42 Å². The van der Waals surface area contributed by atoms with Gasteiger partial charge in [-0.2, -0.15) is 9.57 Å². The van der Waals surface area contributed by atoms with Gasteiger partial charge in [-0.15, -0.1) is 0 Å². The standard InChI is InChI=1S/C14H18N2O2S/c1-2-16(11-13-4-3-5-13)19(17,18)14-8-6-12(10-15)7-9-14/h6-9,13H,2-5,11H2,1H3. The molecule has 1 fully saturated rings. The van der Waals surface area contributed by atoms with Crippen molar-refractivity contribution < 1.29 is 8.42 Å². The quantitative estimate of drug-likeness (QED) is 0.830. The van der Waals surface area contributed by atoms with Crippen molar-refractivity contribution >= 4 is 10.0 Å². The van der Waals surface area contributed by atoms with Gasteiger partial charge in [-0.05, 0) is 43.0 Å². The third-order valence-electron chi connectivity index (χ3n) is 3.66. The molecule has 0 aliphatic heterocycles. The van der Waals surface area contributed by atoms with Crippen LogP contribution in [0.1, 0.15) is 31.7 Å². The monoisotopic (exact) mass is 278 g/mol. The molecule has 19 heavy (non-hydrogen) atoms. The van der Waals surface area contributed by atoms with Crippen molar-refractivity contribution in [2.24, 2.45) is 5.92 Å². The highest BCUT2D eigenvalue weighted by Gasteiger charge is 2.28. The van der Waals surface area contributed by atoms with Crippen LogP contribution >= 0.6 is 0 Å². The molecule has 1 aromatic carbocycles. The van der Waals surface area contributed by atoms with Crippen molar-refractivity contribution in [3.05, 3.63) is 29.8 Å². The Morgan fingerprint density at radius 2 is 1.95 bits per heavy atom. The fourth-order valence-corrected chi connectivity index (χ4v) is 3.74. The lowest BCUT2D eigenvalue weighted by molar-refractivity contribution is 0.250. The maximum absolute atomic E-state index is 12.5. The van der Waals surface area contributed by atoms with E-state index in [1.807, 2.05) is 13.0 Å². The highest BCUT2D eigenvalue weighted by molar-refractivity contribution is 7.89. The molecule has 0 unspecified atom stereocenters. The zero-order chi connectivity index (χ0) is 13.9. The predicted molar refractivity (Wildman–Crippen MR) is 72.9 cm³/mol. The summed E-state index contributed by atoms with van der Waals surface area (Å²) in [5, 5.41) is 8.74. The molecule has 1 aliphatic carbocycles. The van der Waals surface area contributed by atoms with Crippen LogP contribution in [0.15, 0.2) is 29.2 Å². The Balaban J connectivity index is 2.20. The van der Waals surface area contributed by atoms with Crippen LogP contribution in [0.2, 0.25) is 0 Å². The van der Waals surface area contributed by atoms with E-state index in [1.54, 1.807) is 12.1 Å². The summed E-state index contributed by atoms with van der Waals surface area (Å²) in [6, 6.07) is 8.10. The van der Waals surface area contributed by atoms with Crippen molar-refractivity contribution in [3.63, 3.8) is 0 Å². The third kappa shape index (κ3) is 2.96. The molecule has 0 N–H and O–H groups in total. The van der Waals surface area contributed by atoms with Gasteiger partial charge in [-0.25, -0.2) is 8.42 Å². The summed E-state index contributed by atoms with van der Waals surface area (Å²) in [5.41, 5.74) is 0.473. The molecule has 0 aromatic heterocycles. The van der Waals surface area contributed by atoms with Gasteiger partial charge >= 0.3 is 0 Å². The minimum absolute atomic E-state index is 0.271. The number of benzene rings is 1. The van der Waals surface area contributed by atoms with Gasteiger partial charge in [0.15, 0.2) is 0 Å². The van der Waals surface area contributed by atoms with Gasteiger partial charge in [0.1, 0.15) is 0 Å². The molecular weight excluding hydrogens is 260 g/mol. The van der Waals surface area contributed by atoms with Crippen LogP contribution in [-0.2, 0) is 10.0 Å². The van der Waals surface area contributed by atoms with E-state index in [-0.39, 0.29) is 4.90 Å². The Morgan fingerprint density at radius 1 is 1.32 bits per heavy atom. The first-order chi connectivity index (χ1) is 9.07. The molecular formula is C14H18N2O2S. The Morgan fingerprint density at radius 3 is 2.37 bits per heavy atom. The lowest BCUT2D eigenvalue weighted by Crippen LogP contribution is -2.37. The normalized spacial score (nSPS) is 16.1. The summed E-state index contributed by atoms with van der Waals surface area (Å²) >= 11 is 0. The Bertz CT molecular complexity index is 568. The summed E-state index contributed by atoms with van der Waals surface area (Å²) in [6.45, 7) is 2.96. The first kappa shape index (κ1) is 14.0. The summed E-state index contributed by atoms with van der Waals surface area (Å²) in [7, 11) is -3.42. The second-order valence-electron chi connectivity index (χ2n) is 4.89. The highest BCUT2D eigenvalue weighted by Crippen LogP contribution is 2.29. The molecule has 1 saturated carbocycles. The lowest BCUT2D eigenvalue weighted by Gasteiger charge is -2.31. The number of rotatable bonds is 5. The molecule has 4 nitrogen and oxygen atoms in total. The molecule has 5 heteroatoms. The largest absolute Gasteiger partial charge is 0.243 e. The molecule has 0 spiro atoms. The van der Waals surface area contributed by atoms with Crippen molar-refractivity contribution in [3.8, 4) is 6.07 Å². The molecule has 0 bridgehead atoms. The molecule has 0 heterocycles. The van der Waals surface area contributed by atoms with Gasteiger partial charge in [-0.3, -0.25) is 0 Å². The summed E-state index contributed by atoms with van der Waals surface area (Å²) < 4.78 is 26.5. The lowest BCUT2D eigenvalue weighted by atomic mass is 9.85. The van der Waals surface area contributed by atoms with E-state index in [0.29, 0.717) is 24.6 Å². The number of nitriles is 1. The summed E-state index contributed by atoms with van der Waals surface area (Å²) in [5.74, 6) is 0.508. The predicted octanol–water partition coefficient (Wildman–Crippen LogP) is 2.37. The molecule has 0 radical (unpaired) electrons. The van der Waals surface area contributed by atoms with Crippen LogP contribution in [0.5, 0.6) is 0 Å². The molecule has 102 valence electrons. The zero-order valence-corrected chi connectivity index (χ0v) is 11.9. The molecule has 1 aliphatic rings. The minimum Gasteiger partial charge on any atom is -0.207 e. The summed E-state index contributed by atoms with van der Waals surface area (Å²) in [6.07, 6.45) is 3.46. The van der Waals surface area contributed by atoms with E-state index >= 15 is 0 Å². The van der Waals surface area contributed by atoms with Crippen molar-refractivity contribution in [2.45, 2.75) is 31.1 Å². The molecule has 0 amide bonds. The first-order valence-electron chi connectivity index (χ1n) is 6.58. The topological polar surface area (TPSA) is 61.2 Å². The zero-order valence-electron chi connectivity index (χ0n) is 11.0. The van der Waals surface area contributed by atoms with Crippen LogP contribution in [0.3, 0.4) is 0 Å². The smallest absolute Gasteiger partial charge is 0.207 e. The Kier molecular flexibility index (Phi) is 4.23. The van der Waals surface area contributed by atoms with Crippen molar-refractivity contribution in [1.29, 1.82) is 5.26 Å². The van der Waals surface area contributed by atoms with E-state index < -0.39 is 10.0 Å². The van der Waals surface area contributed by atoms with Gasteiger partial charge in [-0.1, -0.05) is 13.3 Å². The number of hydrogen-bond acceptors (Lipinski definition) is 3. The highest BCUT2D eigenvalue weighted by atomic mass is 32.2. The minimum atomic E-state index is -3.42. The second-order valence-corrected chi connectivity index (χ2v) is 6.83. The van der Waals surface area contributed by atoms with Crippen LogP contribution in [0.25, 0.3) is 0 Å². The van der Waals surface area contributed by atoms with Gasteiger partial charge in [0.2, 0.25) is 10.0 Å². The maximum atomic E-state index is 12.5. The number of sulfonamides is 1. The van der Waals surface area contributed by atoms with E-state index in [1.165, 1.54) is 22.9 Å². The van der Waals surface area contributed by atoms with E-state index in [2.05, 4.69) is 0 Å². The number of nitrogens with zero attached hydrogens (tertiary/aromatic N) is 2. The first-order valence-corrected chi connectivity index (χ1v) is 8.02. The molecule has 1 aromatic rings. The van der Waals surface area contributed by atoms with Gasteiger partial charge in [0.05, 0.1) is 16.5 Å². The summed E-state index contributed by atoms with van der Waals surface area (Å²) in [4.78, 5) is 0.271. The van der Waals surface area contributed by atoms with Crippen LogP contribution in [0, 0.1) is 17.2 Å². The average Bonchev–Trinajstić information content (AvgIpc) is 2.37. The van der Waals surface area contributed by atoms with Crippen molar-refractivity contribution in [1.82, 2.24) is 4.31 Å².